The van der Waals surface area contributed by atoms with Gasteiger partial charge in [0.25, 0.3) is 0 Å². The summed E-state index contributed by atoms with van der Waals surface area (Å²) in [6.07, 6.45) is 3.36. The Labute approximate surface area is 244 Å². The zero-order chi connectivity index (χ0) is 29.8. The van der Waals surface area contributed by atoms with Gasteiger partial charge in [-0.2, -0.15) is 5.26 Å². The number of aliphatic hydroxyl groups excluding tert-OH is 2. The average Bonchev–Trinajstić information content (AvgIpc) is 3.63. The molecule has 0 unspecified atom stereocenters. The summed E-state index contributed by atoms with van der Waals surface area (Å²) in [4.78, 5) is 23.1. The Morgan fingerprint density at radius 3 is 2.74 bits per heavy atom. The molecule has 0 bridgehead atoms. The first kappa shape index (κ1) is 28.5. The number of nitrogens with two attached hydrogens (primary N) is 1. The molecule has 4 atom stereocenters. The molecule has 42 heavy (non-hydrogen) atoms. The van der Waals surface area contributed by atoms with Gasteiger partial charge in [-0.3, -0.25) is 9.47 Å². The number of imidazole rings is 2. The predicted octanol–water partition coefficient (Wildman–Crippen LogP) is 2.83. The topological polar surface area (TPSA) is 175 Å². The molecule has 4 heterocycles. The Morgan fingerprint density at radius 2 is 2.00 bits per heavy atom. The summed E-state index contributed by atoms with van der Waals surface area (Å²) in [5.41, 5.74) is 9.13. The summed E-state index contributed by atoms with van der Waals surface area (Å²) in [6.45, 7) is 8.66. The summed E-state index contributed by atoms with van der Waals surface area (Å²) >= 11 is 0. The second kappa shape index (κ2) is 10.9. The largest absolute Gasteiger partial charge is 0.387 e. The number of nitrogens with zero attached hydrogens (tertiary/aromatic N) is 7. The third-order valence-corrected chi connectivity index (χ3v) is 9.06. The van der Waals surface area contributed by atoms with Crippen molar-refractivity contribution in [2.75, 3.05) is 12.3 Å². The molecule has 1 saturated carbocycles. The van der Waals surface area contributed by atoms with E-state index in [4.69, 9.17) is 15.5 Å². The van der Waals surface area contributed by atoms with Gasteiger partial charge in [-0.25, -0.2) is 19.9 Å². The van der Waals surface area contributed by atoms with Crippen LogP contribution in [0.25, 0.3) is 22.2 Å². The molecule has 4 aromatic rings. The lowest BCUT2D eigenvalue weighted by Crippen LogP contribution is -2.52. The van der Waals surface area contributed by atoms with Crippen LogP contribution in [-0.4, -0.2) is 81.5 Å². The summed E-state index contributed by atoms with van der Waals surface area (Å²) in [5.74, 6) is 1.82. The fraction of sp³-hybridized carbons (Fsp3) is 0.567. The Balaban J connectivity index is 1.06. The smallest absolute Gasteiger partial charge is 0.167 e. The molecule has 12 heteroatoms. The number of anilines is 1. The van der Waals surface area contributed by atoms with E-state index in [-0.39, 0.29) is 11.9 Å². The number of hydrogen-bond donors (Lipinski definition) is 4. The molecule has 2 aliphatic rings. The fourth-order valence-corrected chi connectivity index (χ4v) is 6.33. The van der Waals surface area contributed by atoms with E-state index >= 15 is 0 Å². The van der Waals surface area contributed by atoms with Crippen LogP contribution in [0, 0.1) is 17.2 Å². The predicted molar refractivity (Wildman–Crippen MR) is 157 cm³/mol. The van der Waals surface area contributed by atoms with Crippen LogP contribution in [0.5, 0.6) is 0 Å². The molecule has 1 aliphatic carbocycles. The van der Waals surface area contributed by atoms with Crippen molar-refractivity contribution in [1.29, 1.82) is 5.26 Å². The number of ether oxygens (including phenoxy) is 1. The van der Waals surface area contributed by atoms with Crippen molar-refractivity contribution in [1.82, 2.24) is 34.4 Å². The molecule has 5 N–H and O–H groups in total. The van der Waals surface area contributed by atoms with Gasteiger partial charge in [-0.1, -0.05) is 6.07 Å². The van der Waals surface area contributed by atoms with Crippen LogP contribution in [0.1, 0.15) is 64.6 Å². The van der Waals surface area contributed by atoms with Gasteiger partial charge in [0, 0.05) is 25.0 Å². The van der Waals surface area contributed by atoms with Crippen LogP contribution in [0.2, 0.25) is 0 Å². The van der Waals surface area contributed by atoms with E-state index in [9.17, 15) is 15.5 Å². The standard InChI is InChI=1S/C30H39N9O3/c1-16(2)38(12-22-25(40)26(41)29(42-22)39-15-35-24-27(32)33-14-34-28(24)39)19-9-17(10-19)5-8-23-36-20-7-6-18(11-21(20)37-23)30(3,4)13-31/h6-7,11,14-17,19,22,25-26,29,40-41H,5,8-10,12H2,1-4H3,(H,36,37)(H2,32,33,34)/t17?,19?,22-,25+,26-,29-/m1/s1. The number of nitrogens with one attached hydrogen (secondary N) is 1. The fourth-order valence-electron chi connectivity index (χ4n) is 6.33. The number of aryl methyl sites for hydroxylation is 1. The van der Waals surface area contributed by atoms with E-state index in [1.165, 1.54) is 12.7 Å². The minimum Gasteiger partial charge on any atom is -0.387 e. The van der Waals surface area contributed by atoms with Crippen LogP contribution in [0.4, 0.5) is 5.82 Å². The van der Waals surface area contributed by atoms with E-state index in [0.29, 0.717) is 29.7 Å². The maximum Gasteiger partial charge on any atom is 0.167 e. The number of benzene rings is 1. The van der Waals surface area contributed by atoms with Crippen LogP contribution in [0.3, 0.4) is 0 Å². The molecule has 1 saturated heterocycles. The molecule has 0 amide bonds. The first-order valence-electron chi connectivity index (χ1n) is 14.7. The quantitative estimate of drug-likeness (QED) is 0.233. The normalized spacial score (nSPS) is 26.4. The van der Waals surface area contributed by atoms with Crippen molar-refractivity contribution in [3.63, 3.8) is 0 Å². The van der Waals surface area contributed by atoms with E-state index in [1.807, 2.05) is 32.0 Å². The molecule has 3 aromatic heterocycles. The van der Waals surface area contributed by atoms with Gasteiger partial charge in [0.2, 0.25) is 0 Å². The highest BCUT2D eigenvalue weighted by molar-refractivity contribution is 5.81. The van der Waals surface area contributed by atoms with Crippen molar-refractivity contribution in [3.8, 4) is 6.07 Å². The number of aliphatic hydroxyl groups is 2. The highest BCUT2D eigenvalue weighted by Gasteiger charge is 2.46. The lowest BCUT2D eigenvalue weighted by atomic mass is 9.76. The Hall–Kier alpha value is -3.63. The van der Waals surface area contributed by atoms with Crippen molar-refractivity contribution >= 4 is 28.0 Å². The van der Waals surface area contributed by atoms with Gasteiger partial charge in [0.15, 0.2) is 17.7 Å². The molecule has 12 nitrogen and oxygen atoms in total. The summed E-state index contributed by atoms with van der Waals surface area (Å²) in [6, 6.07) is 9.03. The number of rotatable bonds is 9. The average molecular weight is 574 g/mol. The number of fused-ring (bicyclic) bond motifs is 2. The van der Waals surface area contributed by atoms with Crippen molar-refractivity contribution in [3.05, 3.63) is 42.2 Å². The number of hydrogen-bond acceptors (Lipinski definition) is 10. The van der Waals surface area contributed by atoms with E-state index in [1.54, 1.807) is 4.57 Å². The van der Waals surface area contributed by atoms with Crippen molar-refractivity contribution in [2.45, 2.75) is 95.4 Å². The maximum absolute atomic E-state index is 10.9. The molecule has 1 aromatic carbocycles. The summed E-state index contributed by atoms with van der Waals surface area (Å²) in [7, 11) is 0. The Kier molecular flexibility index (Phi) is 7.39. The summed E-state index contributed by atoms with van der Waals surface area (Å²) < 4.78 is 7.84. The zero-order valence-corrected chi connectivity index (χ0v) is 24.5. The van der Waals surface area contributed by atoms with Crippen LogP contribution < -0.4 is 5.73 Å². The van der Waals surface area contributed by atoms with Gasteiger partial charge in [-0.05, 0) is 70.6 Å². The third-order valence-electron chi connectivity index (χ3n) is 9.06. The first-order valence-corrected chi connectivity index (χ1v) is 14.7. The molecule has 2 fully saturated rings. The lowest BCUT2D eigenvalue weighted by Gasteiger charge is -2.46. The number of aromatic nitrogens is 6. The Morgan fingerprint density at radius 1 is 1.21 bits per heavy atom. The molecular formula is C30H39N9O3. The molecule has 0 spiro atoms. The zero-order valence-electron chi connectivity index (χ0n) is 24.5. The lowest BCUT2D eigenvalue weighted by molar-refractivity contribution is -0.0620. The molecule has 1 aliphatic heterocycles. The van der Waals surface area contributed by atoms with Crippen LogP contribution in [-0.2, 0) is 16.6 Å². The highest BCUT2D eigenvalue weighted by Crippen LogP contribution is 2.38. The van der Waals surface area contributed by atoms with Gasteiger partial charge >= 0.3 is 0 Å². The monoisotopic (exact) mass is 573 g/mol. The molecule has 6 rings (SSSR count). The van der Waals surface area contributed by atoms with Gasteiger partial charge in [-0.15, -0.1) is 0 Å². The van der Waals surface area contributed by atoms with Crippen molar-refractivity contribution < 1.29 is 14.9 Å². The van der Waals surface area contributed by atoms with Gasteiger partial charge < -0.3 is 25.7 Å². The van der Waals surface area contributed by atoms with Crippen LogP contribution in [0.15, 0.2) is 30.9 Å². The van der Waals surface area contributed by atoms with Crippen LogP contribution >= 0.6 is 0 Å². The number of nitrogen functional groups attached to an aromatic ring is 1. The van der Waals surface area contributed by atoms with Crippen molar-refractivity contribution in [2.24, 2.45) is 5.92 Å². The molecular weight excluding hydrogens is 534 g/mol. The number of H-pyrrole nitrogens is 1. The second-order valence-corrected chi connectivity index (χ2v) is 12.6. The minimum atomic E-state index is -1.13. The maximum atomic E-state index is 10.9. The summed E-state index contributed by atoms with van der Waals surface area (Å²) in [5, 5.41) is 31.3. The second-order valence-electron chi connectivity index (χ2n) is 12.6. The number of aromatic amines is 1. The SMILES string of the molecule is CC(C)N(C[C@H]1O[C@@H](n2cnc3c(N)ncnc32)[C@H](O)[C@H]1O)C1CC(CCc2nc3cc(C(C)(C)C#N)ccc3[nH]2)C1. The minimum absolute atomic E-state index is 0.253. The molecule has 222 valence electrons. The van der Waals surface area contributed by atoms with E-state index < -0.39 is 30.0 Å². The third kappa shape index (κ3) is 5.11. The molecule has 0 radical (unpaired) electrons. The van der Waals surface area contributed by atoms with Gasteiger partial charge in [0.1, 0.15) is 36.0 Å². The highest BCUT2D eigenvalue weighted by atomic mass is 16.6. The van der Waals surface area contributed by atoms with Gasteiger partial charge in [0.05, 0.1) is 28.8 Å². The Bertz CT molecular complexity index is 1620. The van der Waals surface area contributed by atoms with E-state index in [2.05, 4.69) is 44.8 Å². The first-order chi connectivity index (χ1) is 20.1. The number of nitriles is 1. The van der Waals surface area contributed by atoms with E-state index in [0.717, 1.165) is 48.1 Å².